The van der Waals surface area contributed by atoms with Crippen molar-refractivity contribution < 1.29 is 9.59 Å². The zero-order valence-corrected chi connectivity index (χ0v) is 18.0. The molecule has 144 valence electrons. The van der Waals surface area contributed by atoms with Gasteiger partial charge < -0.3 is 5.32 Å². The van der Waals surface area contributed by atoms with Gasteiger partial charge in [-0.1, -0.05) is 83.1 Å². The molecule has 8 heteroatoms. The maximum absolute atomic E-state index is 12.6. The fourth-order valence-electron chi connectivity index (χ4n) is 2.53. The third-order valence-electron chi connectivity index (χ3n) is 4.04. The lowest BCUT2D eigenvalue weighted by Crippen LogP contribution is -2.31. The summed E-state index contributed by atoms with van der Waals surface area (Å²) >= 11 is 18.6. The van der Waals surface area contributed by atoms with Gasteiger partial charge in [0.2, 0.25) is 5.91 Å². The van der Waals surface area contributed by atoms with Gasteiger partial charge in [0.15, 0.2) is 0 Å². The van der Waals surface area contributed by atoms with E-state index in [2.05, 4.69) is 5.32 Å². The fourth-order valence-corrected chi connectivity index (χ4v) is 4.19. The van der Waals surface area contributed by atoms with Crippen molar-refractivity contribution in [2.75, 3.05) is 11.9 Å². The Morgan fingerprint density at radius 2 is 1.93 bits per heavy atom. The molecule has 1 aliphatic rings. The summed E-state index contributed by atoms with van der Waals surface area (Å²) < 4.78 is 0.442. The van der Waals surface area contributed by atoms with Gasteiger partial charge >= 0.3 is 0 Å². The molecule has 3 rings (SSSR count). The number of thioether (sulfide) groups is 1. The highest BCUT2D eigenvalue weighted by Crippen LogP contribution is 2.33. The van der Waals surface area contributed by atoms with Crippen LogP contribution in [0.1, 0.15) is 17.5 Å². The highest BCUT2D eigenvalue weighted by molar-refractivity contribution is 8.26. The van der Waals surface area contributed by atoms with Gasteiger partial charge in [-0.25, -0.2) is 0 Å². The Morgan fingerprint density at radius 1 is 1.21 bits per heavy atom. The first-order valence-electron chi connectivity index (χ1n) is 8.41. The zero-order chi connectivity index (χ0) is 20.3. The molecule has 0 unspecified atom stereocenters. The van der Waals surface area contributed by atoms with E-state index in [9.17, 15) is 9.59 Å². The van der Waals surface area contributed by atoms with Gasteiger partial charge in [0.1, 0.15) is 4.32 Å². The zero-order valence-electron chi connectivity index (χ0n) is 14.9. The van der Waals surface area contributed by atoms with Gasteiger partial charge in [0.05, 0.1) is 20.6 Å². The van der Waals surface area contributed by atoms with E-state index in [-0.39, 0.29) is 29.8 Å². The number of halogens is 2. The Bertz CT molecular complexity index is 975. The molecule has 1 saturated heterocycles. The Kier molecular flexibility index (Phi) is 6.78. The van der Waals surface area contributed by atoms with Crippen LogP contribution in [0.4, 0.5) is 5.69 Å². The first kappa shape index (κ1) is 20.9. The van der Waals surface area contributed by atoms with Crippen LogP contribution >= 0.6 is 47.2 Å². The molecule has 1 heterocycles. The van der Waals surface area contributed by atoms with Crippen molar-refractivity contribution >= 4 is 75.1 Å². The maximum Gasteiger partial charge on any atom is 0.266 e. The van der Waals surface area contributed by atoms with Crippen molar-refractivity contribution in [2.45, 2.75) is 13.3 Å². The van der Waals surface area contributed by atoms with Crippen molar-refractivity contribution in [3.05, 3.63) is 68.5 Å². The van der Waals surface area contributed by atoms with E-state index < -0.39 is 0 Å². The summed E-state index contributed by atoms with van der Waals surface area (Å²) in [7, 11) is 0. The number of nitrogens with one attached hydrogen (secondary N) is 1. The number of carbonyl (C=O) groups is 2. The van der Waals surface area contributed by atoms with Crippen molar-refractivity contribution in [3.8, 4) is 0 Å². The van der Waals surface area contributed by atoms with Crippen molar-refractivity contribution in [3.63, 3.8) is 0 Å². The number of carbonyl (C=O) groups excluding carboxylic acids is 2. The number of hydrogen-bond acceptors (Lipinski definition) is 4. The second-order valence-electron chi connectivity index (χ2n) is 6.14. The lowest BCUT2D eigenvalue weighted by atomic mass is 10.1. The molecule has 2 aromatic carbocycles. The maximum atomic E-state index is 12.6. The van der Waals surface area contributed by atoms with Crippen molar-refractivity contribution in [1.82, 2.24) is 4.90 Å². The number of thiocarbonyl (C=S) groups is 1. The van der Waals surface area contributed by atoms with Crippen molar-refractivity contribution in [2.24, 2.45) is 0 Å². The predicted octanol–water partition coefficient (Wildman–Crippen LogP) is 5.53. The standard InChI is InChI=1S/C20H16Cl2N2O2S2/c1-12-5-7-13(8-6-12)11-16-19(26)24(20(27)28-16)10-9-17(25)23-15-4-2-3-14(21)18(15)22/h2-8,11H,9-10H2,1H3,(H,23,25)/b16-11+. The highest BCUT2D eigenvalue weighted by atomic mass is 35.5. The van der Waals surface area contributed by atoms with E-state index in [4.69, 9.17) is 35.4 Å². The number of nitrogens with zero attached hydrogens (tertiary/aromatic N) is 1. The number of benzene rings is 2. The Balaban J connectivity index is 1.62. The van der Waals surface area contributed by atoms with Gasteiger partial charge in [-0.2, -0.15) is 0 Å². The minimum Gasteiger partial charge on any atom is -0.325 e. The molecule has 2 amide bonds. The van der Waals surface area contributed by atoms with Crippen LogP contribution in [0.5, 0.6) is 0 Å². The molecule has 0 saturated carbocycles. The second-order valence-corrected chi connectivity index (χ2v) is 8.60. The molecule has 1 fully saturated rings. The summed E-state index contributed by atoms with van der Waals surface area (Å²) in [6.45, 7) is 2.20. The number of rotatable bonds is 5. The van der Waals surface area contributed by atoms with Crippen LogP contribution in [-0.2, 0) is 9.59 Å². The van der Waals surface area contributed by atoms with E-state index in [0.29, 0.717) is 19.9 Å². The molecule has 0 spiro atoms. The molecule has 2 aromatic rings. The van der Waals surface area contributed by atoms with Crippen LogP contribution in [-0.4, -0.2) is 27.6 Å². The van der Waals surface area contributed by atoms with E-state index >= 15 is 0 Å². The molecule has 0 aromatic heterocycles. The van der Waals surface area contributed by atoms with E-state index in [0.717, 1.165) is 11.1 Å². The van der Waals surface area contributed by atoms with Gasteiger partial charge in [-0.15, -0.1) is 0 Å². The Hall–Kier alpha value is -1.86. The normalized spacial score (nSPS) is 15.4. The summed E-state index contributed by atoms with van der Waals surface area (Å²) in [4.78, 5) is 26.9. The molecule has 1 N–H and O–H groups in total. The lowest BCUT2D eigenvalue weighted by Gasteiger charge is -2.14. The van der Waals surface area contributed by atoms with Gasteiger partial charge in [0, 0.05) is 13.0 Å². The molecule has 4 nitrogen and oxygen atoms in total. The van der Waals surface area contributed by atoms with Crippen LogP contribution < -0.4 is 5.32 Å². The number of amides is 2. The van der Waals surface area contributed by atoms with Gasteiger partial charge in [-0.05, 0) is 30.7 Å². The van der Waals surface area contributed by atoms with Crippen LogP contribution in [0.2, 0.25) is 10.0 Å². The van der Waals surface area contributed by atoms with Crippen molar-refractivity contribution in [1.29, 1.82) is 0 Å². The molecule has 1 aliphatic heterocycles. The average molecular weight is 451 g/mol. The van der Waals surface area contributed by atoms with E-state index in [1.807, 2.05) is 37.3 Å². The van der Waals surface area contributed by atoms with Crippen LogP contribution in [0.25, 0.3) is 6.08 Å². The van der Waals surface area contributed by atoms with Crippen LogP contribution in [0.15, 0.2) is 47.4 Å². The van der Waals surface area contributed by atoms with E-state index in [1.165, 1.54) is 16.7 Å². The minimum atomic E-state index is -0.277. The Morgan fingerprint density at radius 3 is 2.64 bits per heavy atom. The third-order valence-corrected chi connectivity index (χ3v) is 6.23. The number of hydrogen-bond donors (Lipinski definition) is 1. The first-order valence-corrected chi connectivity index (χ1v) is 10.4. The molecule has 0 atom stereocenters. The SMILES string of the molecule is Cc1ccc(/C=C2/SC(=S)N(CCC(=O)Nc3cccc(Cl)c3Cl)C2=O)cc1. The molecule has 28 heavy (non-hydrogen) atoms. The summed E-state index contributed by atoms with van der Waals surface area (Å²) in [6, 6.07) is 12.9. The predicted molar refractivity (Wildman–Crippen MR) is 121 cm³/mol. The molecule has 0 bridgehead atoms. The molecular formula is C20H16Cl2N2O2S2. The second kappa shape index (κ2) is 9.09. The lowest BCUT2D eigenvalue weighted by molar-refractivity contribution is -0.122. The smallest absolute Gasteiger partial charge is 0.266 e. The highest BCUT2D eigenvalue weighted by Gasteiger charge is 2.32. The summed E-state index contributed by atoms with van der Waals surface area (Å²) in [5.41, 5.74) is 2.51. The Labute approximate surface area is 182 Å². The molecule has 0 radical (unpaired) electrons. The average Bonchev–Trinajstić information content (AvgIpc) is 2.92. The fraction of sp³-hybridized carbons (Fsp3) is 0.150. The number of anilines is 1. The van der Waals surface area contributed by atoms with Crippen LogP contribution in [0.3, 0.4) is 0 Å². The van der Waals surface area contributed by atoms with Gasteiger partial charge in [0.25, 0.3) is 5.91 Å². The van der Waals surface area contributed by atoms with Crippen LogP contribution in [0, 0.1) is 6.92 Å². The molecular weight excluding hydrogens is 435 g/mol. The monoisotopic (exact) mass is 450 g/mol. The summed E-state index contributed by atoms with van der Waals surface area (Å²) in [6.07, 6.45) is 1.90. The third kappa shape index (κ3) is 4.94. The minimum absolute atomic E-state index is 0.0904. The quantitative estimate of drug-likeness (QED) is 0.480. The topological polar surface area (TPSA) is 49.4 Å². The largest absolute Gasteiger partial charge is 0.325 e. The van der Waals surface area contributed by atoms with E-state index in [1.54, 1.807) is 18.2 Å². The molecule has 0 aliphatic carbocycles. The summed E-state index contributed by atoms with van der Waals surface area (Å²) in [5, 5.41) is 3.34. The first-order chi connectivity index (χ1) is 13.3. The number of aryl methyl sites for hydroxylation is 1. The summed E-state index contributed by atoms with van der Waals surface area (Å²) in [5.74, 6) is -0.468. The van der Waals surface area contributed by atoms with Gasteiger partial charge in [-0.3, -0.25) is 14.5 Å².